The largest absolute Gasteiger partial charge is 0.296 e. The first-order valence-electron chi connectivity index (χ1n) is 7.43. The maximum Gasteiger partial charge on any atom is 0.234 e. The Morgan fingerprint density at radius 1 is 1.30 bits per heavy atom. The van der Waals surface area contributed by atoms with Gasteiger partial charge in [0.25, 0.3) is 0 Å². The van der Waals surface area contributed by atoms with Crippen LogP contribution in [-0.2, 0) is 9.59 Å². The lowest BCUT2D eigenvalue weighted by Crippen LogP contribution is -2.46. The highest BCUT2D eigenvalue weighted by Crippen LogP contribution is 2.38. The van der Waals surface area contributed by atoms with Crippen molar-refractivity contribution in [2.75, 3.05) is 0 Å². The van der Waals surface area contributed by atoms with Gasteiger partial charge in [-0.2, -0.15) is 0 Å². The summed E-state index contributed by atoms with van der Waals surface area (Å²) in [6.45, 7) is 6.33. The Balaban J connectivity index is 2.37. The van der Waals surface area contributed by atoms with Gasteiger partial charge in [-0.3, -0.25) is 14.9 Å². The van der Waals surface area contributed by atoms with E-state index in [4.69, 9.17) is 0 Å². The van der Waals surface area contributed by atoms with Crippen LogP contribution in [0.1, 0.15) is 50.2 Å². The minimum absolute atomic E-state index is 0.109. The first-order valence-corrected chi connectivity index (χ1v) is 7.43. The Kier molecular flexibility index (Phi) is 4.58. The number of piperidine rings is 1. The molecule has 108 valence electrons. The van der Waals surface area contributed by atoms with E-state index >= 15 is 0 Å². The third-order valence-electron chi connectivity index (χ3n) is 4.39. The molecule has 0 aliphatic carbocycles. The van der Waals surface area contributed by atoms with Gasteiger partial charge in [0.1, 0.15) is 0 Å². The van der Waals surface area contributed by atoms with Gasteiger partial charge in [0.05, 0.1) is 5.92 Å². The highest BCUT2D eigenvalue weighted by atomic mass is 16.2. The Labute approximate surface area is 120 Å². The van der Waals surface area contributed by atoms with E-state index in [1.54, 1.807) is 0 Å². The van der Waals surface area contributed by atoms with E-state index in [0.29, 0.717) is 12.3 Å². The van der Waals surface area contributed by atoms with Gasteiger partial charge in [0.15, 0.2) is 0 Å². The predicted molar refractivity (Wildman–Crippen MR) is 79.2 cm³/mol. The molecule has 0 bridgehead atoms. The first kappa shape index (κ1) is 14.8. The normalized spacial score (nSPS) is 24.4. The summed E-state index contributed by atoms with van der Waals surface area (Å²) < 4.78 is 0. The molecule has 1 fully saturated rings. The van der Waals surface area contributed by atoms with E-state index in [2.05, 4.69) is 19.2 Å². The smallest absolute Gasteiger partial charge is 0.234 e. The average Bonchev–Trinajstić information content (AvgIpc) is 2.39. The molecule has 1 aliphatic heterocycles. The Morgan fingerprint density at radius 3 is 2.65 bits per heavy atom. The van der Waals surface area contributed by atoms with E-state index in [1.165, 1.54) is 0 Å². The third kappa shape index (κ3) is 2.92. The summed E-state index contributed by atoms with van der Waals surface area (Å²) >= 11 is 0. The summed E-state index contributed by atoms with van der Waals surface area (Å²) in [5, 5.41) is 2.50. The standard InChI is InChI=1S/C17H23NO2/c1-4-7-11(2)14-10-15(19)18-17(20)16(14)13-9-6-5-8-12(13)3/h5-6,8-9,11,14,16H,4,7,10H2,1-3H3,(H,18,19,20). The van der Waals surface area contributed by atoms with Crippen molar-refractivity contribution >= 4 is 11.8 Å². The van der Waals surface area contributed by atoms with Crippen molar-refractivity contribution in [3.8, 4) is 0 Å². The fourth-order valence-corrected chi connectivity index (χ4v) is 3.30. The van der Waals surface area contributed by atoms with Gasteiger partial charge in [-0.05, 0) is 29.9 Å². The number of amides is 2. The maximum absolute atomic E-state index is 12.3. The Bertz CT molecular complexity index is 509. The van der Waals surface area contributed by atoms with Crippen LogP contribution < -0.4 is 5.32 Å². The fraction of sp³-hybridized carbons (Fsp3) is 0.529. The van der Waals surface area contributed by atoms with Gasteiger partial charge in [-0.25, -0.2) is 0 Å². The lowest BCUT2D eigenvalue weighted by molar-refractivity contribution is -0.137. The van der Waals surface area contributed by atoms with E-state index in [1.807, 2.05) is 31.2 Å². The minimum Gasteiger partial charge on any atom is -0.296 e. The van der Waals surface area contributed by atoms with E-state index < -0.39 is 0 Å². The zero-order valence-corrected chi connectivity index (χ0v) is 12.5. The van der Waals surface area contributed by atoms with Gasteiger partial charge in [-0.15, -0.1) is 0 Å². The number of hydrogen-bond donors (Lipinski definition) is 1. The van der Waals surface area contributed by atoms with Crippen LogP contribution in [0.15, 0.2) is 24.3 Å². The second-order valence-electron chi connectivity index (χ2n) is 5.88. The number of carbonyl (C=O) groups is 2. The first-order chi connectivity index (χ1) is 9.54. The molecule has 3 unspecified atom stereocenters. The van der Waals surface area contributed by atoms with Crippen molar-refractivity contribution in [1.82, 2.24) is 5.32 Å². The molecule has 0 radical (unpaired) electrons. The van der Waals surface area contributed by atoms with Crippen LogP contribution in [0.4, 0.5) is 0 Å². The number of nitrogens with one attached hydrogen (secondary N) is 1. The van der Waals surface area contributed by atoms with Crippen molar-refractivity contribution in [3.05, 3.63) is 35.4 Å². The van der Waals surface area contributed by atoms with E-state index in [-0.39, 0.29) is 23.7 Å². The second-order valence-corrected chi connectivity index (χ2v) is 5.88. The SMILES string of the molecule is CCCC(C)C1CC(=O)NC(=O)C1c1ccccc1C. The second kappa shape index (κ2) is 6.21. The van der Waals surface area contributed by atoms with Crippen LogP contribution in [0.3, 0.4) is 0 Å². The molecule has 1 aromatic rings. The van der Waals surface area contributed by atoms with Gasteiger partial charge in [-0.1, -0.05) is 51.0 Å². The predicted octanol–water partition coefficient (Wildman–Crippen LogP) is 3.18. The molecule has 20 heavy (non-hydrogen) atoms. The van der Waals surface area contributed by atoms with E-state index in [9.17, 15) is 9.59 Å². The van der Waals surface area contributed by atoms with Crippen molar-refractivity contribution < 1.29 is 9.59 Å². The van der Waals surface area contributed by atoms with Crippen LogP contribution in [0.2, 0.25) is 0 Å². The Hall–Kier alpha value is -1.64. The topological polar surface area (TPSA) is 46.2 Å². The number of imide groups is 1. The summed E-state index contributed by atoms with van der Waals surface area (Å²) in [6, 6.07) is 7.99. The maximum atomic E-state index is 12.3. The highest BCUT2D eigenvalue weighted by Gasteiger charge is 2.39. The zero-order chi connectivity index (χ0) is 14.7. The summed E-state index contributed by atoms with van der Waals surface area (Å²) in [7, 11) is 0. The van der Waals surface area contributed by atoms with Gasteiger partial charge < -0.3 is 0 Å². The molecule has 1 heterocycles. The number of rotatable bonds is 4. The summed E-state index contributed by atoms with van der Waals surface area (Å²) in [5.41, 5.74) is 2.18. The third-order valence-corrected chi connectivity index (χ3v) is 4.39. The monoisotopic (exact) mass is 273 g/mol. The van der Waals surface area contributed by atoms with Crippen molar-refractivity contribution in [2.45, 2.75) is 46.0 Å². The lowest BCUT2D eigenvalue weighted by Gasteiger charge is -2.35. The van der Waals surface area contributed by atoms with Gasteiger partial charge in [0.2, 0.25) is 11.8 Å². The van der Waals surface area contributed by atoms with Crippen LogP contribution in [0.5, 0.6) is 0 Å². The van der Waals surface area contributed by atoms with E-state index in [0.717, 1.165) is 24.0 Å². The molecule has 0 aromatic heterocycles. The summed E-state index contributed by atoms with van der Waals surface area (Å²) in [6.07, 6.45) is 2.58. The molecular formula is C17H23NO2. The summed E-state index contributed by atoms with van der Waals surface area (Å²) in [4.78, 5) is 24.1. The van der Waals surface area contributed by atoms with Crippen LogP contribution in [0.25, 0.3) is 0 Å². The molecule has 2 rings (SSSR count). The molecule has 0 saturated carbocycles. The molecule has 3 atom stereocenters. The number of carbonyl (C=O) groups excluding carboxylic acids is 2. The molecule has 1 saturated heterocycles. The molecule has 0 spiro atoms. The van der Waals surface area contributed by atoms with Crippen LogP contribution in [0, 0.1) is 18.8 Å². The number of hydrogen-bond acceptors (Lipinski definition) is 2. The number of aryl methyl sites for hydroxylation is 1. The molecule has 1 aromatic carbocycles. The van der Waals surface area contributed by atoms with Crippen LogP contribution >= 0.6 is 0 Å². The average molecular weight is 273 g/mol. The van der Waals surface area contributed by atoms with Gasteiger partial charge >= 0.3 is 0 Å². The minimum atomic E-state index is -0.199. The fourth-order valence-electron chi connectivity index (χ4n) is 3.30. The van der Waals surface area contributed by atoms with Crippen molar-refractivity contribution in [1.29, 1.82) is 0 Å². The number of benzene rings is 1. The van der Waals surface area contributed by atoms with Crippen molar-refractivity contribution in [3.63, 3.8) is 0 Å². The highest BCUT2D eigenvalue weighted by molar-refractivity contribution is 6.01. The molecule has 3 nitrogen and oxygen atoms in total. The van der Waals surface area contributed by atoms with Crippen molar-refractivity contribution in [2.24, 2.45) is 11.8 Å². The molecular weight excluding hydrogens is 250 g/mol. The molecule has 1 N–H and O–H groups in total. The molecule has 3 heteroatoms. The van der Waals surface area contributed by atoms with Gasteiger partial charge in [0, 0.05) is 6.42 Å². The quantitative estimate of drug-likeness (QED) is 0.856. The molecule has 2 amide bonds. The Morgan fingerprint density at radius 2 is 2.00 bits per heavy atom. The zero-order valence-electron chi connectivity index (χ0n) is 12.5. The summed E-state index contributed by atoms with van der Waals surface area (Å²) in [5.74, 6) is 0.0173. The van der Waals surface area contributed by atoms with Crippen LogP contribution in [-0.4, -0.2) is 11.8 Å². The lowest BCUT2D eigenvalue weighted by atomic mass is 9.72. The molecule has 1 aliphatic rings.